The Kier molecular flexibility index (Phi) is 3.52. The molecule has 3 heteroatoms. The van der Waals surface area contributed by atoms with Crippen molar-refractivity contribution in [3.05, 3.63) is 0 Å². The van der Waals surface area contributed by atoms with E-state index in [4.69, 9.17) is 4.74 Å². The third kappa shape index (κ3) is 2.06. The van der Waals surface area contributed by atoms with Crippen LogP contribution in [0.3, 0.4) is 0 Å². The molecule has 0 N–H and O–H groups in total. The maximum atomic E-state index is 11.0. The molecule has 0 spiro atoms. The summed E-state index contributed by atoms with van der Waals surface area (Å²) in [5, 5.41) is -0.197. The first-order chi connectivity index (χ1) is 4.42. The molecule has 0 aromatic heterocycles. The van der Waals surface area contributed by atoms with Gasteiger partial charge in [-0.05, 0) is 20.8 Å². The van der Waals surface area contributed by atoms with E-state index >= 15 is 0 Å². The molecule has 0 rings (SSSR count). The quantitative estimate of drug-likeness (QED) is 0.664. The van der Waals surface area contributed by atoms with Crippen LogP contribution in [0.2, 0.25) is 0 Å². The van der Waals surface area contributed by atoms with Gasteiger partial charge in [0.25, 0.3) is 0 Å². The van der Waals surface area contributed by atoms with Crippen molar-refractivity contribution in [1.29, 1.82) is 0 Å². The van der Waals surface area contributed by atoms with E-state index in [1.807, 2.05) is 13.8 Å². The van der Waals surface area contributed by atoms with Crippen LogP contribution in [0.25, 0.3) is 0 Å². The topological polar surface area (TPSA) is 26.3 Å². The summed E-state index contributed by atoms with van der Waals surface area (Å²) in [6.07, 6.45) is 0. The lowest BCUT2D eigenvalue weighted by molar-refractivity contribution is -0.128. The Balaban J connectivity index is 4.23. The van der Waals surface area contributed by atoms with Crippen molar-refractivity contribution in [1.82, 2.24) is 0 Å². The number of ether oxygens (including phenoxy) is 1. The van der Waals surface area contributed by atoms with Crippen LogP contribution in [0, 0.1) is 5.41 Å². The van der Waals surface area contributed by atoms with Gasteiger partial charge >= 0.3 is 0 Å². The van der Waals surface area contributed by atoms with E-state index < -0.39 is 5.41 Å². The van der Waals surface area contributed by atoms with Gasteiger partial charge in [-0.1, -0.05) is 15.9 Å². The standard InChI is InChI=1S/C7H13BrO2/c1-5(9)7(2,3)6(8)10-4/h6H,1-4H3/t6-/m1/s1. The van der Waals surface area contributed by atoms with Crippen molar-refractivity contribution in [2.24, 2.45) is 5.41 Å². The average Bonchev–Trinajstić information content (AvgIpc) is 1.86. The molecule has 0 saturated heterocycles. The Morgan fingerprint density at radius 2 is 2.00 bits per heavy atom. The fraction of sp³-hybridized carbons (Fsp3) is 0.857. The van der Waals surface area contributed by atoms with Crippen LogP contribution in [-0.4, -0.2) is 17.9 Å². The first kappa shape index (κ1) is 10.1. The number of Topliss-reactive ketones (excluding diaryl/α,β-unsaturated/α-hetero) is 1. The number of halogens is 1. The molecule has 0 aromatic carbocycles. The van der Waals surface area contributed by atoms with Crippen LogP contribution in [0.15, 0.2) is 0 Å². The highest BCUT2D eigenvalue weighted by atomic mass is 79.9. The van der Waals surface area contributed by atoms with E-state index in [9.17, 15) is 4.79 Å². The van der Waals surface area contributed by atoms with Crippen molar-refractivity contribution in [2.75, 3.05) is 7.11 Å². The summed E-state index contributed by atoms with van der Waals surface area (Å²) >= 11 is 3.26. The summed E-state index contributed by atoms with van der Waals surface area (Å²) in [5.74, 6) is 0.122. The number of carbonyl (C=O) groups is 1. The highest BCUT2D eigenvalue weighted by Gasteiger charge is 2.31. The molecule has 0 radical (unpaired) electrons. The lowest BCUT2D eigenvalue weighted by atomic mass is 9.90. The molecular weight excluding hydrogens is 196 g/mol. The number of rotatable bonds is 3. The zero-order valence-electron chi connectivity index (χ0n) is 6.77. The Hall–Kier alpha value is 0.110. The summed E-state index contributed by atoms with van der Waals surface area (Å²) < 4.78 is 4.97. The van der Waals surface area contributed by atoms with E-state index in [0.29, 0.717) is 0 Å². The van der Waals surface area contributed by atoms with Crippen molar-refractivity contribution >= 4 is 21.7 Å². The van der Waals surface area contributed by atoms with Gasteiger partial charge in [-0.3, -0.25) is 4.79 Å². The van der Waals surface area contributed by atoms with E-state index in [0.717, 1.165) is 0 Å². The van der Waals surface area contributed by atoms with E-state index in [1.165, 1.54) is 0 Å². The SMILES string of the molecule is CO[C@@H](Br)C(C)(C)C(C)=O. The Labute approximate surface area is 70.1 Å². The number of carbonyl (C=O) groups excluding carboxylic acids is 1. The van der Waals surface area contributed by atoms with Crippen LogP contribution in [0.1, 0.15) is 20.8 Å². The van der Waals surface area contributed by atoms with Gasteiger partial charge in [-0.25, -0.2) is 0 Å². The van der Waals surface area contributed by atoms with Crippen LogP contribution in [-0.2, 0) is 9.53 Å². The minimum atomic E-state index is -0.436. The number of ketones is 1. The van der Waals surface area contributed by atoms with Gasteiger partial charge < -0.3 is 4.74 Å². The minimum Gasteiger partial charge on any atom is -0.369 e. The Bertz CT molecular complexity index is 132. The maximum Gasteiger partial charge on any atom is 0.138 e. The fourth-order valence-electron chi connectivity index (χ4n) is 0.454. The van der Waals surface area contributed by atoms with Crippen LogP contribution < -0.4 is 0 Å². The first-order valence-electron chi connectivity index (χ1n) is 3.10. The molecule has 0 unspecified atom stereocenters. The molecule has 0 aromatic rings. The van der Waals surface area contributed by atoms with Crippen molar-refractivity contribution in [3.8, 4) is 0 Å². The van der Waals surface area contributed by atoms with Gasteiger partial charge in [0.05, 0.1) is 5.41 Å². The number of methoxy groups -OCH3 is 1. The fourth-order valence-corrected chi connectivity index (χ4v) is 0.777. The molecule has 10 heavy (non-hydrogen) atoms. The predicted octanol–water partition coefficient (Wildman–Crippen LogP) is 1.97. The smallest absolute Gasteiger partial charge is 0.138 e. The second-order valence-electron chi connectivity index (χ2n) is 2.83. The number of alkyl halides is 1. The summed E-state index contributed by atoms with van der Waals surface area (Å²) in [5.41, 5.74) is -0.436. The summed E-state index contributed by atoms with van der Waals surface area (Å²) in [4.78, 5) is 11.0. The third-order valence-corrected chi connectivity index (χ3v) is 3.20. The second-order valence-corrected chi connectivity index (χ2v) is 3.66. The second kappa shape index (κ2) is 3.49. The maximum absolute atomic E-state index is 11.0. The highest BCUT2D eigenvalue weighted by molar-refractivity contribution is 9.09. The van der Waals surface area contributed by atoms with Crippen molar-refractivity contribution < 1.29 is 9.53 Å². The normalized spacial score (nSPS) is 14.9. The molecular formula is C7H13BrO2. The molecule has 0 fully saturated rings. The molecule has 2 nitrogen and oxygen atoms in total. The average molecular weight is 209 g/mol. The van der Waals surface area contributed by atoms with Gasteiger partial charge in [0.2, 0.25) is 0 Å². The van der Waals surface area contributed by atoms with Crippen molar-refractivity contribution in [3.63, 3.8) is 0 Å². The minimum absolute atomic E-state index is 0.122. The molecule has 1 atom stereocenters. The van der Waals surface area contributed by atoms with Crippen LogP contribution >= 0.6 is 15.9 Å². The van der Waals surface area contributed by atoms with Crippen LogP contribution in [0.5, 0.6) is 0 Å². The van der Waals surface area contributed by atoms with Gasteiger partial charge in [0, 0.05) is 7.11 Å². The largest absolute Gasteiger partial charge is 0.369 e. The van der Waals surface area contributed by atoms with E-state index in [-0.39, 0.29) is 10.8 Å². The van der Waals surface area contributed by atoms with Gasteiger partial charge in [0.1, 0.15) is 10.8 Å². The van der Waals surface area contributed by atoms with Gasteiger partial charge in [-0.2, -0.15) is 0 Å². The zero-order chi connectivity index (χ0) is 8.36. The third-order valence-electron chi connectivity index (χ3n) is 1.68. The molecule has 0 amide bonds. The number of hydrogen-bond donors (Lipinski definition) is 0. The summed E-state index contributed by atoms with van der Waals surface area (Å²) in [7, 11) is 1.57. The number of hydrogen-bond acceptors (Lipinski definition) is 2. The van der Waals surface area contributed by atoms with Gasteiger partial charge in [-0.15, -0.1) is 0 Å². The Morgan fingerprint density at radius 3 is 2.10 bits per heavy atom. The monoisotopic (exact) mass is 208 g/mol. The summed E-state index contributed by atoms with van der Waals surface area (Å²) in [6.45, 7) is 5.25. The molecule has 0 aliphatic rings. The van der Waals surface area contributed by atoms with Crippen molar-refractivity contribution in [2.45, 2.75) is 25.8 Å². The predicted molar refractivity (Wildman–Crippen MR) is 44.2 cm³/mol. The van der Waals surface area contributed by atoms with E-state index in [2.05, 4.69) is 15.9 Å². The lowest BCUT2D eigenvalue weighted by Crippen LogP contribution is -2.32. The lowest BCUT2D eigenvalue weighted by Gasteiger charge is -2.25. The van der Waals surface area contributed by atoms with E-state index in [1.54, 1.807) is 14.0 Å². The highest BCUT2D eigenvalue weighted by Crippen LogP contribution is 2.28. The molecule has 0 aliphatic carbocycles. The zero-order valence-corrected chi connectivity index (χ0v) is 8.36. The molecule has 60 valence electrons. The van der Waals surface area contributed by atoms with Crippen LogP contribution in [0.4, 0.5) is 0 Å². The van der Waals surface area contributed by atoms with Gasteiger partial charge in [0.15, 0.2) is 0 Å². The Morgan fingerprint density at radius 1 is 1.60 bits per heavy atom. The molecule has 0 heterocycles. The summed E-state index contributed by atoms with van der Waals surface area (Å²) in [6, 6.07) is 0. The molecule has 0 saturated carbocycles. The molecule has 0 bridgehead atoms. The molecule has 0 aliphatic heterocycles. The first-order valence-corrected chi connectivity index (χ1v) is 4.02.